The van der Waals surface area contributed by atoms with Crippen molar-refractivity contribution in [1.29, 1.82) is 0 Å². The van der Waals surface area contributed by atoms with E-state index in [1.54, 1.807) is 11.3 Å². The number of carbonyl (C=O) groups excluding carboxylic acids is 1. The number of likely N-dealkylation sites (tertiary alicyclic amines) is 1. The summed E-state index contributed by atoms with van der Waals surface area (Å²) in [5.41, 5.74) is 0.935. The molecular formula is C17H22N4O2S. The number of hydrogen-bond acceptors (Lipinski definition) is 6. The predicted octanol–water partition coefficient (Wildman–Crippen LogP) is 2.33. The van der Waals surface area contributed by atoms with E-state index in [-0.39, 0.29) is 5.91 Å². The van der Waals surface area contributed by atoms with Crippen LogP contribution < -0.4 is 5.32 Å². The molecule has 3 heterocycles. The number of thiophene rings is 1. The van der Waals surface area contributed by atoms with E-state index in [0.29, 0.717) is 30.5 Å². The lowest BCUT2D eigenvalue weighted by Gasteiger charge is -2.15. The van der Waals surface area contributed by atoms with E-state index in [0.717, 1.165) is 24.7 Å². The van der Waals surface area contributed by atoms with Gasteiger partial charge in [0.25, 0.3) is 0 Å². The van der Waals surface area contributed by atoms with Crippen LogP contribution in [0.2, 0.25) is 0 Å². The molecule has 0 radical (unpaired) electrons. The summed E-state index contributed by atoms with van der Waals surface area (Å²) < 4.78 is 5.60. The quantitative estimate of drug-likeness (QED) is 0.833. The Morgan fingerprint density at radius 3 is 3.08 bits per heavy atom. The van der Waals surface area contributed by atoms with Gasteiger partial charge in [0.05, 0.1) is 0 Å². The monoisotopic (exact) mass is 346 g/mol. The molecule has 2 aromatic heterocycles. The van der Waals surface area contributed by atoms with Crippen LogP contribution in [0.5, 0.6) is 0 Å². The summed E-state index contributed by atoms with van der Waals surface area (Å²) >= 11 is 1.59. The molecule has 24 heavy (non-hydrogen) atoms. The number of nitrogens with one attached hydrogen (secondary N) is 1. The minimum atomic E-state index is 0.0650. The Bertz CT molecular complexity index is 681. The maximum Gasteiger partial charge on any atom is 0.248 e. The molecule has 1 amide bonds. The number of carbonyl (C=O) groups is 1. The molecule has 2 fully saturated rings. The Balaban J connectivity index is 1.18. The fourth-order valence-electron chi connectivity index (χ4n) is 3.23. The van der Waals surface area contributed by atoms with Gasteiger partial charge in [-0.1, -0.05) is 0 Å². The number of aromatic nitrogens is 2. The van der Waals surface area contributed by atoms with Crippen LogP contribution in [0.15, 0.2) is 21.2 Å². The van der Waals surface area contributed by atoms with E-state index in [1.807, 2.05) is 16.8 Å². The summed E-state index contributed by atoms with van der Waals surface area (Å²) in [6.07, 6.45) is 4.80. The van der Waals surface area contributed by atoms with Crippen LogP contribution in [0.4, 0.5) is 0 Å². The van der Waals surface area contributed by atoms with Gasteiger partial charge in [0.15, 0.2) is 0 Å². The highest BCUT2D eigenvalue weighted by atomic mass is 32.1. The molecule has 1 N–H and O–H groups in total. The molecule has 2 aliphatic rings. The highest BCUT2D eigenvalue weighted by Crippen LogP contribution is 2.31. The van der Waals surface area contributed by atoms with Crippen molar-refractivity contribution in [2.24, 2.45) is 5.92 Å². The lowest BCUT2D eigenvalue weighted by molar-refractivity contribution is -0.121. The van der Waals surface area contributed by atoms with Gasteiger partial charge in [-0.25, -0.2) is 0 Å². The van der Waals surface area contributed by atoms with Gasteiger partial charge in [-0.3, -0.25) is 4.79 Å². The number of nitrogens with zero attached hydrogens (tertiary/aromatic N) is 3. The topological polar surface area (TPSA) is 71.3 Å². The molecule has 1 aliphatic carbocycles. The molecule has 128 valence electrons. The minimum absolute atomic E-state index is 0.0650. The average Bonchev–Trinajstić information content (AvgIpc) is 3.03. The second-order valence-corrected chi connectivity index (χ2v) is 7.48. The first-order valence-corrected chi connectivity index (χ1v) is 9.58. The molecule has 7 heteroatoms. The second-order valence-electron chi connectivity index (χ2n) is 6.70. The highest BCUT2D eigenvalue weighted by molar-refractivity contribution is 7.08. The van der Waals surface area contributed by atoms with Crippen molar-refractivity contribution in [3.05, 3.63) is 22.7 Å². The van der Waals surface area contributed by atoms with E-state index < -0.39 is 0 Å². The maximum atomic E-state index is 12.0. The zero-order chi connectivity index (χ0) is 16.4. The lowest BCUT2D eigenvalue weighted by Crippen LogP contribution is -2.31. The van der Waals surface area contributed by atoms with E-state index in [1.165, 1.54) is 25.8 Å². The third kappa shape index (κ3) is 3.84. The second kappa shape index (κ2) is 7.03. The predicted molar refractivity (Wildman–Crippen MR) is 91.6 cm³/mol. The SMILES string of the molecule is O=C(CCc1nnc(-c2ccsc2)o1)NC[C@@H]1CCN(C2CC2)C1. The van der Waals surface area contributed by atoms with E-state index in [2.05, 4.69) is 20.4 Å². The molecule has 0 unspecified atom stereocenters. The van der Waals surface area contributed by atoms with E-state index >= 15 is 0 Å². The zero-order valence-electron chi connectivity index (χ0n) is 13.6. The number of rotatable bonds is 7. The zero-order valence-corrected chi connectivity index (χ0v) is 14.4. The number of hydrogen-bond donors (Lipinski definition) is 1. The van der Waals surface area contributed by atoms with Crippen molar-refractivity contribution in [1.82, 2.24) is 20.4 Å². The summed E-state index contributed by atoms with van der Waals surface area (Å²) in [5, 5.41) is 15.0. The Hall–Kier alpha value is -1.73. The largest absolute Gasteiger partial charge is 0.421 e. The standard InChI is InChI=1S/C17H22N4O2S/c22-15(18-9-12-5-7-21(10-12)14-1-2-14)3-4-16-19-20-17(23-16)13-6-8-24-11-13/h6,8,11-12,14H,1-5,7,9-10H2,(H,18,22)/t12-/m0/s1. The van der Waals surface area contributed by atoms with Crippen LogP contribution >= 0.6 is 11.3 Å². The highest BCUT2D eigenvalue weighted by Gasteiger charge is 2.34. The van der Waals surface area contributed by atoms with Crippen molar-refractivity contribution >= 4 is 17.2 Å². The van der Waals surface area contributed by atoms with Gasteiger partial charge in [-0.2, -0.15) is 11.3 Å². The molecule has 2 aromatic rings. The number of aryl methyl sites for hydroxylation is 1. The molecule has 1 saturated carbocycles. The van der Waals surface area contributed by atoms with E-state index in [9.17, 15) is 4.79 Å². The van der Waals surface area contributed by atoms with Crippen molar-refractivity contribution in [2.75, 3.05) is 19.6 Å². The molecule has 0 aromatic carbocycles. The molecule has 4 rings (SSSR count). The summed E-state index contributed by atoms with van der Waals surface area (Å²) in [6, 6.07) is 2.78. The van der Waals surface area contributed by atoms with Crippen LogP contribution in [0.3, 0.4) is 0 Å². The van der Waals surface area contributed by atoms with Gasteiger partial charge >= 0.3 is 0 Å². The van der Waals surface area contributed by atoms with Gasteiger partial charge in [0.2, 0.25) is 17.7 Å². The first kappa shape index (κ1) is 15.8. The van der Waals surface area contributed by atoms with Gasteiger partial charge < -0.3 is 14.6 Å². The van der Waals surface area contributed by atoms with E-state index in [4.69, 9.17) is 4.42 Å². The normalized spacial score (nSPS) is 21.2. The van der Waals surface area contributed by atoms with Gasteiger partial charge in [0, 0.05) is 42.9 Å². The minimum Gasteiger partial charge on any atom is -0.421 e. The van der Waals surface area contributed by atoms with Crippen LogP contribution in [0.1, 0.15) is 31.6 Å². The van der Waals surface area contributed by atoms with Crippen LogP contribution in [-0.2, 0) is 11.2 Å². The first-order chi connectivity index (χ1) is 11.8. The van der Waals surface area contributed by atoms with Crippen LogP contribution in [0.25, 0.3) is 11.5 Å². The first-order valence-electron chi connectivity index (χ1n) is 8.63. The molecule has 1 atom stereocenters. The summed E-state index contributed by atoms with van der Waals surface area (Å²) in [5.74, 6) is 1.71. The summed E-state index contributed by atoms with van der Waals surface area (Å²) in [4.78, 5) is 14.6. The van der Waals surface area contributed by atoms with Crippen molar-refractivity contribution < 1.29 is 9.21 Å². The summed E-state index contributed by atoms with van der Waals surface area (Å²) in [6.45, 7) is 3.11. The average molecular weight is 346 g/mol. The Labute approximate surface area is 145 Å². The van der Waals surface area contributed by atoms with Crippen LogP contribution in [-0.4, -0.2) is 46.7 Å². The Kier molecular flexibility index (Phi) is 4.62. The molecule has 1 saturated heterocycles. The van der Waals surface area contributed by atoms with Gasteiger partial charge in [0.1, 0.15) is 0 Å². The van der Waals surface area contributed by atoms with Gasteiger partial charge in [-0.15, -0.1) is 10.2 Å². The Morgan fingerprint density at radius 1 is 1.38 bits per heavy atom. The Morgan fingerprint density at radius 2 is 2.29 bits per heavy atom. The molecule has 0 bridgehead atoms. The van der Waals surface area contributed by atoms with Crippen LogP contribution in [0, 0.1) is 5.92 Å². The van der Waals surface area contributed by atoms with Crippen molar-refractivity contribution in [3.63, 3.8) is 0 Å². The van der Waals surface area contributed by atoms with Crippen molar-refractivity contribution in [2.45, 2.75) is 38.1 Å². The summed E-state index contributed by atoms with van der Waals surface area (Å²) in [7, 11) is 0. The third-order valence-corrected chi connectivity index (χ3v) is 5.45. The third-order valence-electron chi connectivity index (χ3n) is 4.77. The molecule has 0 spiro atoms. The smallest absolute Gasteiger partial charge is 0.248 e. The maximum absolute atomic E-state index is 12.0. The molecule has 6 nitrogen and oxygen atoms in total. The lowest BCUT2D eigenvalue weighted by atomic mass is 10.1. The molecule has 1 aliphatic heterocycles. The molecular weight excluding hydrogens is 324 g/mol. The number of amides is 1. The fourth-order valence-corrected chi connectivity index (χ4v) is 3.85. The fraction of sp³-hybridized carbons (Fsp3) is 0.588. The van der Waals surface area contributed by atoms with Gasteiger partial charge in [-0.05, 0) is 43.2 Å². The van der Waals surface area contributed by atoms with Crippen molar-refractivity contribution in [3.8, 4) is 11.5 Å².